The summed E-state index contributed by atoms with van der Waals surface area (Å²) >= 11 is 0. The zero-order chi connectivity index (χ0) is 24.4. The summed E-state index contributed by atoms with van der Waals surface area (Å²) in [5.41, 5.74) is 0.991. The van der Waals surface area contributed by atoms with Gasteiger partial charge >= 0.3 is 0 Å². The molecule has 1 aromatic heterocycles. The summed E-state index contributed by atoms with van der Waals surface area (Å²) in [5.74, 6) is 0.0878. The number of nitrogens with zero attached hydrogens (tertiary/aromatic N) is 2. The van der Waals surface area contributed by atoms with Gasteiger partial charge in [0.1, 0.15) is 23.3 Å². The Hall–Kier alpha value is -2.94. The lowest BCUT2D eigenvalue weighted by Gasteiger charge is -2.20. The molecule has 0 saturated carbocycles. The Kier molecular flexibility index (Phi) is 10.3. The number of hydrogen-bond acceptors (Lipinski definition) is 5. The van der Waals surface area contributed by atoms with Crippen molar-refractivity contribution in [2.75, 3.05) is 17.2 Å². The lowest BCUT2D eigenvalue weighted by molar-refractivity contribution is -0.105. The first-order chi connectivity index (χ1) is 15.8. The van der Waals surface area contributed by atoms with Crippen LogP contribution in [0, 0.1) is 12.7 Å². The van der Waals surface area contributed by atoms with Crippen molar-refractivity contribution in [3.05, 3.63) is 52.1 Å². The topological polar surface area (TPSA) is 87.1 Å². The highest BCUT2D eigenvalue weighted by molar-refractivity contribution is 5.81. The van der Waals surface area contributed by atoms with E-state index >= 15 is 0 Å². The van der Waals surface area contributed by atoms with Gasteiger partial charge in [0.15, 0.2) is 0 Å². The Balaban J connectivity index is 2.35. The molecule has 1 heterocycles. The molecule has 0 saturated heterocycles. The molecule has 9 heteroatoms. The number of amides is 1. The maximum Gasteiger partial charge on any atom is 0.266 e. The van der Waals surface area contributed by atoms with E-state index in [1.807, 2.05) is 13.0 Å². The minimum atomic E-state index is -2.92. The molecule has 6 nitrogen and oxygen atoms in total. The Bertz CT molecular complexity index is 967. The molecule has 1 aromatic carbocycles. The number of carbonyl (C=O) groups excluding carboxylic acids is 1. The van der Waals surface area contributed by atoms with Gasteiger partial charge in [0.25, 0.3) is 6.43 Å². The maximum absolute atomic E-state index is 14.7. The highest BCUT2D eigenvalue weighted by Crippen LogP contribution is 2.31. The van der Waals surface area contributed by atoms with E-state index in [2.05, 4.69) is 20.6 Å². The molecule has 0 aliphatic carbocycles. The SMILES string of the molecule is C/C(=C\c1c(NC=O)nc(C)nc1N[C@H](C)c1cccc(C(F)F)c1F)CCCCCCO. The number of aliphatic hydroxyl groups excluding tert-OH is 1. The number of aryl methyl sites for hydroxylation is 1. The third-order valence-corrected chi connectivity index (χ3v) is 5.24. The van der Waals surface area contributed by atoms with Crippen molar-refractivity contribution in [3.63, 3.8) is 0 Å². The Labute approximate surface area is 192 Å². The van der Waals surface area contributed by atoms with Gasteiger partial charge in [-0.25, -0.2) is 23.1 Å². The van der Waals surface area contributed by atoms with Crippen LogP contribution in [0.4, 0.5) is 24.8 Å². The van der Waals surface area contributed by atoms with Gasteiger partial charge in [0.2, 0.25) is 6.41 Å². The van der Waals surface area contributed by atoms with Crippen molar-refractivity contribution in [1.29, 1.82) is 0 Å². The standard InChI is InChI=1S/C24H31F3N4O2/c1-15(9-6-4-5-7-12-32)13-20-23(28-14-33)30-17(3)31-24(20)29-16(2)18-10-8-11-19(21(18)25)22(26)27/h8,10-11,13-14,16,22,32H,4-7,9,12H2,1-3H3,(H2,28,29,30,31,33)/b15-13+/t16-/m1/s1. The summed E-state index contributed by atoms with van der Waals surface area (Å²) < 4.78 is 40.9. The summed E-state index contributed by atoms with van der Waals surface area (Å²) in [7, 11) is 0. The second kappa shape index (κ2) is 12.9. The number of carbonyl (C=O) groups is 1. The number of allylic oxidation sites excluding steroid dienone is 1. The number of aliphatic hydroxyl groups is 1. The number of unbranched alkanes of at least 4 members (excludes halogenated alkanes) is 3. The summed E-state index contributed by atoms with van der Waals surface area (Å²) in [4.78, 5) is 19.9. The molecule has 1 amide bonds. The molecule has 2 rings (SSSR count). The molecular formula is C24H31F3N4O2. The fraction of sp³-hybridized carbons (Fsp3) is 0.458. The monoisotopic (exact) mass is 464 g/mol. The summed E-state index contributed by atoms with van der Waals surface area (Å²) in [6, 6.07) is 3.23. The number of nitrogens with one attached hydrogen (secondary N) is 2. The van der Waals surface area contributed by atoms with Crippen LogP contribution in [-0.2, 0) is 4.79 Å². The number of alkyl halides is 2. The highest BCUT2D eigenvalue weighted by Gasteiger charge is 2.21. The fourth-order valence-corrected chi connectivity index (χ4v) is 3.54. The average molecular weight is 465 g/mol. The van der Waals surface area contributed by atoms with Crippen molar-refractivity contribution in [2.45, 2.75) is 65.3 Å². The normalized spacial score (nSPS) is 12.7. The van der Waals surface area contributed by atoms with Crippen molar-refractivity contribution in [3.8, 4) is 0 Å². The Morgan fingerprint density at radius 3 is 2.45 bits per heavy atom. The van der Waals surface area contributed by atoms with E-state index in [0.29, 0.717) is 29.4 Å². The molecule has 2 aromatic rings. The molecule has 180 valence electrons. The number of benzene rings is 1. The molecule has 0 radical (unpaired) electrons. The van der Waals surface area contributed by atoms with E-state index in [9.17, 15) is 18.0 Å². The Morgan fingerprint density at radius 1 is 1.12 bits per heavy atom. The predicted molar refractivity (Wildman–Crippen MR) is 124 cm³/mol. The van der Waals surface area contributed by atoms with Gasteiger partial charge in [-0.2, -0.15) is 0 Å². The van der Waals surface area contributed by atoms with Crippen molar-refractivity contribution < 1.29 is 23.1 Å². The molecule has 0 unspecified atom stereocenters. The van der Waals surface area contributed by atoms with Gasteiger partial charge < -0.3 is 15.7 Å². The smallest absolute Gasteiger partial charge is 0.266 e. The van der Waals surface area contributed by atoms with Gasteiger partial charge in [-0.1, -0.05) is 36.6 Å². The zero-order valence-electron chi connectivity index (χ0n) is 19.2. The molecule has 0 aliphatic heterocycles. The zero-order valence-corrected chi connectivity index (χ0v) is 19.2. The molecule has 0 fully saturated rings. The van der Waals surface area contributed by atoms with E-state index in [-0.39, 0.29) is 12.2 Å². The highest BCUT2D eigenvalue weighted by atomic mass is 19.3. The van der Waals surface area contributed by atoms with Crippen LogP contribution in [0.1, 0.15) is 80.9 Å². The van der Waals surface area contributed by atoms with Crippen LogP contribution < -0.4 is 10.6 Å². The first-order valence-corrected chi connectivity index (χ1v) is 11.0. The molecule has 0 spiro atoms. The van der Waals surface area contributed by atoms with Crippen LogP contribution in [-0.4, -0.2) is 28.1 Å². The first-order valence-electron chi connectivity index (χ1n) is 11.0. The summed E-state index contributed by atoms with van der Waals surface area (Å²) in [5, 5.41) is 14.6. The van der Waals surface area contributed by atoms with Gasteiger partial charge in [-0.05, 0) is 46.1 Å². The number of halogens is 3. The van der Waals surface area contributed by atoms with E-state index in [1.165, 1.54) is 12.1 Å². The minimum absolute atomic E-state index is 0.0875. The average Bonchev–Trinajstić information content (AvgIpc) is 2.76. The van der Waals surface area contributed by atoms with E-state index in [1.54, 1.807) is 13.8 Å². The molecule has 33 heavy (non-hydrogen) atoms. The van der Waals surface area contributed by atoms with Crippen LogP contribution in [0.3, 0.4) is 0 Å². The largest absolute Gasteiger partial charge is 0.396 e. The van der Waals surface area contributed by atoms with Gasteiger partial charge in [0, 0.05) is 12.2 Å². The van der Waals surface area contributed by atoms with E-state index in [4.69, 9.17) is 5.11 Å². The summed E-state index contributed by atoms with van der Waals surface area (Å²) in [6.07, 6.45) is 3.91. The second-order valence-corrected chi connectivity index (χ2v) is 7.94. The number of rotatable bonds is 13. The van der Waals surface area contributed by atoms with Crippen LogP contribution in [0.15, 0.2) is 23.8 Å². The van der Waals surface area contributed by atoms with Gasteiger partial charge in [-0.3, -0.25) is 4.79 Å². The van der Waals surface area contributed by atoms with Crippen LogP contribution >= 0.6 is 0 Å². The van der Waals surface area contributed by atoms with Crippen LogP contribution in [0.5, 0.6) is 0 Å². The first kappa shape index (κ1) is 26.3. The third kappa shape index (κ3) is 7.56. The van der Waals surface area contributed by atoms with Crippen molar-refractivity contribution in [1.82, 2.24) is 9.97 Å². The number of anilines is 2. The van der Waals surface area contributed by atoms with Crippen molar-refractivity contribution in [2.24, 2.45) is 0 Å². The molecule has 0 bridgehead atoms. The summed E-state index contributed by atoms with van der Waals surface area (Å²) in [6.45, 7) is 5.45. The predicted octanol–water partition coefficient (Wildman–Crippen LogP) is 5.95. The minimum Gasteiger partial charge on any atom is -0.396 e. The van der Waals surface area contributed by atoms with E-state index < -0.39 is 23.8 Å². The second-order valence-electron chi connectivity index (χ2n) is 7.94. The molecule has 3 N–H and O–H groups in total. The lowest BCUT2D eigenvalue weighted by Crippen LogP contribution is -2.14. The van der Waals surface area contributed by atoms with Crippen LogP contribution in [0.2, 0.25) is 0 Å². The molecule has 1 atom stereocenters. The Morgan fingerprint density at radius 2 is 1.79 bits per heavy atom. The number of aromatic nitrogens is 2. The van der Waals surface area contributed by atoms with Crippen LogP contribution in [0.25, 0.3) is 6.08 Å². The number of hydrogen-bond donors (Lipinski definition) is 3. The molecule has 0 aliphatic rings. The molecular weight excluding hydrogens is 433 g/mol. The maximum atomic E-state index is 14.7. The fourth-order valence-electron chi connectivity index (χ4n) is 3.54. The van der Waals surface area contributed by atoms with E-state index in [0.717, 1.165) is 43.7 Å². The van der Waals surface area contributed by atoms with Gasteiger partial charge in [-0.15, -0.1) is 0 Å². The lowest BCUT2D eigenvalue weighted by atomic mass is 10.0. The quantitative estimate of drug-likeness (QED) is 0.252. The van der Waals surface area contributed by atoms with Gasteiger partial charge in [0.05, 0.1) is 17.2 Å². The van der Waals surface area contributed by atoms with Crippen molar-refractivity contribution >= 4 is 24.1 Å². The third-order valence-electron chi connectivity index (χ3n) is 5.24.